The number of nitrogens with one attached hydrogen (secondary N) is 1. The van der Waals surface area contributed by atoms with Crippen LogP contribution in [0.25, 0.3) is 0 Å². The van der Waals surface area contributed by atoms with E-state index >= 15 is 0 Å². The molecule has 0 fully saturated rings. The molecule has 0 amide bonds. The molecule has 2 aromatic rings. The topological polar surface area (TPSA) is 41.5 Å². The van der Waals surface area contributed by atoms with Gasteiger partial charge in [0.25, 0.3) is 0 Å². The fourth-order valence-corrected chi connectivity index (χ4v) is 2.40. The number of aliphatic hydroxyl groups excluding tert-OH is 1. The highest BCUT2D eigenvalue weighted by molar-refractivity contribution is 5.85. The highest BCUT2D eigenvalue weighted by Crippen LogP contribution is 2.32. The number of alkyl halides is 3. The largest absolute Gasteiger partial charge is 0.497 e. The van der Waals surface area contributed by atoms with E-state index in [0.717, 1.165) is 17.7 Å². The minimum Gasteiger partial charge on any atom is -0.497 e. The molecule has 0 spiro atoms. The lowest BCUT2D eigenvalue weighted by Crippen LogP contribution is -2.34. The van der Waals surface area contributed by atoms with Crippen LogP contribution in [0, 0.1) is 0 Å². The van der Waals surface area contributed by atoms with Crippen LogP contribution in [0.15, 0.2) is 48.5 Å². The molecule has 0 bridgehead atoms. The molecule has 7 heteroatoms. The first kappa shape index (κ1) is 21.3. The normalized spacial score (nSPS) is 12.4. The number of hydrogen-bond acceptors (Lipinski definition) is 3. The predicted molar refractivity (Wildman–Crippen MR) is 93.1 cm³/mol. The minimum absolute atomic E-state index is 0. The van der Waals surface area contributed by atoms with Crippen molar-refractivity contribution in [2.24, 2.45) is 0 Å². The van der Waals surface area contributed by atoms with E-state index in [1.807, 2.05) is 30.3 Å². The maximum Gasteiger partial charge on any atom is 0.416 e. The van der Waals surface area contributed by atoms with Gasteiger partial charge in [-0.05, 0) is 35.7 Å². The molecule has 0 saturated heterocycles. The van der Waals surface area contributed by atoms with Crippen LogP contribution in [0.4, 0.5) is 13.2 Å². The molecule has 2 N–H and O–H groups in total. The standard InChI is InChI=1S/C18H20F3NO2.ClH/c1-24-17-9-14(7-15(10-17)18(19,20)21)8-16(12-23)22-11-13-5-3-2-4-6-13;/h2-7,9-10,16,22-23H,8,11-12H2,1H3;1H. The molecule has 3 nitrogen and oxygen atoms in total. The zero-order chi connectivity index (χ0) is 17.6. The summed E-state index contributed by atoms with van der Waals surface area (Å²) in [7, 11) is 1.33. The lowest BCUT2D eigenvalue weighted by molar-refractivity contribution is -0.137. The number of aliphatic hydroxyl groups is 1. The Balaban J connectivity index is 0.00000312. The number of rotatable bonds is 7. The highest BCUT2D eigenvalue weighted by Gasteiger charge is 2.31. The van der Waals surface area contributed by atoms with Crippen LogP contribution >= 0.6 is 12.4 Å². The van der Waals surface area contributed by atoms with Gasteiger partial charge in [-0.2, -0.15) is 13.2 Å². The van der Waals surface area contributed by atoms with Gasteiger partial charge in [0, 0.05) is 12.6 Å². The summed E-state index contributed by atoms with van der Waals surface area (Å²) in [5, 5.41) is 12.7. The molecule has 0 radical (unpaired) electrons. The van der Waals surface area contributed by atoms with Crippen molar-refractivity contribution in [1.82, 2.24) is 5.32 Å². The van der Waals surface area contributed by atoms with Crippen LogP contribution in [0.1, 0.15) is 16.7 Å². The molecule has 1 atom stereocenters. The van der Waals surface area contributed by atoms with Crippen LogP contribution in [0.5, 0.6) is 5.75 Å². The van der Waals surface area contributed by atoms with Crippen molar-refractivity contribution in [3.8, 4) is 5.75 Å². The third-order valence-corrected chi connectivity index (χ3v) is 3.67. The molecule has 1 unspecified atom stereocenters. The van der Waals surface area contributed by atoms with Gasteiger partial charge in [-0.25, -0.2) is 0 Å². The quantitative estimate of drug-likeness (QED) is 0.772. The molecular formula is C18H21ClF3NO2. The van der Waals surface area contributed by atoms with E-state index in [9.17, 15) is 18.3 Å². The summed E-state index contributed by atoms with van der Waals surface area (Å²) in [6.07, 6.45) is -4.17. The van der Waals surface area contributed by atoms with Crippen LogP contribution in [0.2, 0.25) is 0 Å². The average molecular weight is 376 g/mol. The molecule has 0 aliphatic rings. The predicted octanol–water partition coefficient (Wildman–Crippen LogP) is 3.83. The van der Waals surface area contributed by atoms with Gasteiger partial charge < -0.3 is 15.2 Å². The number of ether oxygens (including phenoxy) is 1. The maximum absolute atomic E-state index is 13.0. The highest BCUT2D eigenvalue weighted by atomic mass is 35.5. The summed E-state index contributed by atoms with van der Waals surface area (Å²) in [6.45, 7) is 0.355. The van der Waals surface area contributed by atoms with Gasteiger partial charge in [0.2, 0.25) is 0 Å². The van der Waals surface area contributed by atoms with Crippen molar-refractivity contribution >= 4 is 12.4 Å². The summed E-state index contributed by atoms with van der Waals surface area (Å²) < 4.78 is 43.8. The monoisotopic (exact) mass is 375 g/mol. The van der Waals surface area contributed by atoms with E-state index < -0.39 is 11.7 Å². The van der Waals surface area contributed by atoms with Crippen LogP contribution in [-0.2, 0) is 19.1 Å². The molecule has 0 saturated carbocycles. The number of hydrogen-bond donors (Lipinski definition) is 2. The van der Waals surface area contributed by atoms with E-state index in [2.05, 4.69) is 5.32 Å². The third kappa shape index (κ3) is 6.57. The van der Waals surface area contributed by atoms with Crippen LogP contribution in [-0.4, -0.2) is 24.9 Å². The average Bonchev–Trinajstić information content (AvgIpc) is 2.58. The Morgan fingerprint density at radius 1 is 1.08 bits per heavy atom. The molecular weight excluding hydrogens is 355 g/mol. The number of methoxy groups -OCH3 is 1. The van der Waals surface area contributed by atoms with Crippen molar-refractivity contribution < 1.29 is 23.0 Å². The lowest BCUT2D eigenvalue weighted by atomic mass is 10.0. The van der Waals surface area contributed by atoms with Gasteiger partial charge in [0.15, 0.2) is 0 Å². The summed E-state index contributed by atoms with van der Waals surface area (Å²) in [5.74, 6) is 0.152. The van der Waals surface area contributed by atoms with E-state index in [0.29, 0.717) is 12.1 Å². The second-order valence-corrected chi connectivity index (χ2v) is 5.52. The SMILES string of the molecule is COc1cc(CC(CO)NCc2ccccc2)cc(C(F)(F)F)c1.Cl. The fourth-order valence-electron chi connectivity index (χ4n) is 2.40. The van der Waals surface area contributed by atoms with Crippen molar-refractivity contribution in [3.05, 3.63) is 65.2 Å². The van der Waals surface area contributed by atoms with Gasteiger partial charge >= 0.3 is 6.18 Å². The van der Waals surface area contributed by atoms with Gasteiger partial charge in [-0.3, -0.25) is 0 Å². The Labute approximate surface area is 151 Å². The molecule has 0 aliphatic carbocycles. The summed E-state index contributed by atoms with van der Waals surface area (Å²) in [5.41, 5.74) is 0.746. The van der Waals surface area contributed by atoms with Gasteiger partial charge in [0.1, 0.15) is 5.75 Å². The van der Waals surface area contributed by atoms with Crippen molar-refractivity contribution in [3.63, 3.8) is 0 Å². The van der Waals surface area contributed by atoms with E-state index in [1.54, 1.807) is 6.07 Å². The zero-order valence-electron chi connectivity index (χ0n) is 13.7. The first-order valence-electron chi connectivity index (χ1n) is 7.55. The molecule has 0 aliphatic heterocycles. The number of benzene rings is 2. The van der Waals surface area contributed by atoms with Crippen molar-refractivity contribution in [1.29, 1.82) is 0 Å². The Kier molecular flexibility index (Phi) is 8.22. The third-order valence-electron chi connectivity index (χ3n) is 3.67. The molecule has 2 rings (SSSR count). The summed E-state index contributed by atoms with van der Waals surface area (Å²) in [4.78, 5) is 0. The van der Waals surface area contributed by atoms with Gasteiger partial charge in [-0.15, -0.1) is 12.4 Å². The number of halogens is 4. The second kappa shape index (κ2) is 9.65. The van der Waals surface area contributed by atoms with Gasteiger partial charge in [0.05, 0.1) is 19.3 Å². The first-order valence-corrected chi connectivity index (χ1v) is 7.55. The van der Waals surface area contributed by atoms with Gasteiger partial charge in [-0.1, -0.05) is 30.3 Å². The summed E-state index contributed by atoms with van der Waals surface area (Å²) in [6, 6.07) is 12.9. The fraction of sp³-hybridized carbons (Fsp3) is 0.333. The Morgan fingerprint density at radius 2 is 1.76 bits per heavy atom. The maximum atomic E-state index is 13.0. The first-order chi connectivity index (χ1) is 11.4. The van der Waals surface area contributed by atoms with E-state index in [-0.39, 0.29) is 37.2 Å². The van der Waals surface area contributed by atoms with E-state index in [4.69, 9.17) is 4.74 Å². The van der Waals surface area contributed by atoms with Crippen molar-refractivity contribution in [2.45, 2.75) is 25.2 Å². The lowest BCUT2D eigenvalue weighted by Gasteiger charge is -2.18. The minimum atomic E-state index is -4.44. The Bertz CT molecular complexity index is 651. The van der Waals surface area contributed by atoms with Crippen molar-refractivity contribution in [2.75, 3.05) is 13.7 Å². The molecule has 138 valence electrons. The second-order valence-electron chi connectivity index (χ2n) is 5.52. The molecule has 25 heavy (non-hydrogen) atoms. The summed E-state index contributed by atoms with van der Waals surface area (Å²) >= 11 is 0. The molecule has 2 aromatic carbocycles. The molecule has 0 heterocycles. The smallest absolute Gasteiger partial charge is 0.416 e. The van der Waals surface area contributed by atoms with Crippen LogP contribution < -0.4 is 10.1 Å². The van der Waals surface area contributed by atoms with Crippen LogP contribution in [0.3, 0.4) is 0 Å². The molecule has 0 aromatic heterocycles. The zero-order valence-corrected chi connectivity index (χ0v) is 14.5. The Hall–Kier alpha value is -1.76. The van der Waals surface area contributed by atoms with E-state index in [1.165, 1.54) is 7.11 Å². The Morgan fingerprint density at radius 3 is 2.32 bits per heavy atom.